The number of nitro groups is 1. The fraction of sp³-hybridized carbons (Fsp3) is 0.357. The molecular formula is C28H32N4O9S. The van der Waals surface area contributed by atoms with Crippen molar-refractivity contribution in [2.75, 3.05) is 27.3 Å². The SMILES string of the molecule is COc1cc2c(cc1OC)CN(C(=O)C(CCCCNC(=O)c1ccco1)NS(=O)(=O)c1ccc([N+](=O)[O-])cc1)CC2. The number of nitrogens with zero attached hydrogens (tertiary/aromatic N) is 2. The Morgan fingerprint density at radius 2 is 1.76 bits per heavy atom. The number of carbonyl (C=O) groups excluding carboxylic acids is 2. The highest BCUT2D eigenvalue weighted by Gasteiger charge is 2.31. The molecule has 2 heterocycles. The zero-order chi connectivity index (χ0) is 30.3. The van der Waals surface area contributed by atoms with Gasteiger partial charge < -0.3 is 24.1 Å². The summed E-state index contributed by atoms with van der Waals surface area (Å²) in [4.78, 5) is 37.6. The van der Waals surface area contributed by atoms with Gasteiger partial charge in [-0.25, -0.2) is 8.42 Å². The Labute approximate surface area is 243 Å². The number of non-ortho nitro benzene ring substituents is 1. The Kier molecular flexibility index (Phi) is 9.80. The van der Waals surface area contributed by atoms with Crippen LogP contribution in [0.25, 0.3) is 0 Å². The number of unbranched alkanes of at least 4 members (excludes halogenated alkanes) is 1. The van der Waals surface area contributed by atoms with E-state index in [0.717, 1.165) is 35.4 Å². The molecule has 1 atom stereocenters. The first-order valence-electron chi connectivity index (χ1n) is 13.2. The number of rotatable bonds is 13. The smallest absolute Gasteiger partial charge is 0.286 e. The van der Waals surface area contributed by atoms with Crippen molar-refractivity contribution in [3.8, 4) is 11.5 Å². The van der Waals surface area contributed by atoms with Crippen molar-refractivity contribution < 1.29 is 36.8 Å². The second-order valence-corrected chi connectivity index (χ2v) is 11.4. The van der Waals surface area contributed by atoms with Gasteiger partial charge in [0.05, 0.1) is 30.3 Å². The van der Waals surface area contributed by atoms with Gasteiger partial charge in [0.25, 0.3) is 11.6 Å². The number of amides is 2. The minimum Gasteiger partial charge on any atom is -0.493 e. The molecule has 1 aliphatic rings. The van der Waals surface area contributed by atoms with Crippen LogP contribution in [-0.4, -0.2) is 63.4 Å². The van der Waals surface area contributed by atoms with Gasteiger partial charge in [-0.1, -0.05) is 0 Å². The van der Waals surface area contributed by atoms with Gasteiger partial charge in [0.15, 0.2) is 17.3 Å². The topological polar surface area (TPSA) is 170 Å². The van der Waals surface area contributed by atoms with E-state index in [1.54, 1.807) is 24.1 Å². The van der Waals surface area contributed by atoms with Crippen molar-refractivity contribution >= 4 is 27.5 Å². The minimum absolute atomic E-state index is 0.164. The molecule has 0 spiro atoms. The molecule has 1 unspecified atom stereocenters. The summed E-state index contributed by atoms with van der Waals surface area (Å²) in [6.45, 7) is 0.925. The van der Waals surface area contributed by atoms with Gasteiger partial charge in [0.1, 0.15) is 6.04 Å². The lowest BCUT2D eigenvalue weighted by molar-refractivity contribution is -0.384. The molecule has 224 valence electrons. The molecule has 2 N–H and O–H groups in total. The van der Waals surface area contributed by atoms with E-state index in [2.05, 4.69) is 10.0 Å². The Bertz CT molecular complexity index is 1520. The lowest BCUT2D eigenvalue weighted by atomic mass is 9.97. The molecule has 3 aromatic rings. The van der Waals surface area contributed by atoms with Crippen molar-refractivity contribution in [1.29, 1.82) is 0 Å². The monoisotopic (exact) mass is 600 g/mol. The Morgan fingerprint density at radius 3 is 2.38 bits per heavy atom. The van der Waals surface area contributed by atoms with E-state index < -0.39 is 26.9 Å². The van der Waals surface area contributed by atoms with Gasteiger partial charge in [-0.05, 0) is 73.2 Å². The van der Waals surface area contributed by atoms with Crippen LogP contribution in [0.2, 0.25) is 0 Å². The quantitative estimate of drug-likeness (QED) is 0.170. The first-order valence-corrected chi connectivity index (χ1v) is 14.7. The van der Waals surface area contributed by atoms with Crippen LogP contribution < -0.4 is 19.5 Å². The van der Waals surface area contributed by atoms with E-state index in [4.69, 9.17) is 13.9 Å². The van der Waals surface area contributed by atoms with Gasteiger partial charge >= 0.3 is 0 Å². The van der Waals surface area contributed by atoms with E-state index in [0.29, 0.717) is 43.9 Å². The predicted molar refractivity (Wildman–Crippen MR) is 151 cm³/mol. The van der Waals surface area contributed by atoms with Crippen LogP contribution in [-0.2, 0) is 27.8 Å². The molecular weight excluding hydrogens is 568 g/mol. The third-order valence-electron chi connectivity index (χ3n) is 6.93. The van der Waals surface area contributed by atoms with E-state index >= 15 is 0 Å². The molecule has 1 aromatic heterocycles. The summed E-state index contributed by atoms with van der Waals surface area (Å²) in [5, 5.41) is 13.7. The zero-order valence-electron chi connectivity index (χ0n) is 23.2. The number of furan rings is 1. The molecule has 0 radical (unpaired) electrons. The summed E-state index contributed by atoms with van der Waals surface area (Å²) in [7, 11) is -1.12. The van der Waals surface area contributed by atoms with Crippen molar-refractivity contribution in [3.63, 3.8) is 0 Å². The molecule has 0 saturated carbocycles. The number of ether oxygens (including phenoxy) is 2. The van der Waals surface area contributed by atoms with Gasteiger partial charge in [-0.3, -0.25) is 19.7 Å². The number of nitro benzene ring substituents is 1. The second-order valence-electron chi connectivity index (χ2n) is 9.64. The van der Waals surface area contributed by atoms with Gasteiger partial charge in [0.2, 0.25) is 15.9 Å². The van der Waals surface area contributed by atoms with Crippen molar-refractivity contribution in [1.82, 2.24) is 14.9 Å². The van der Waals surface area contributed by atoms with Gasteiger partial charge in [0, 0.05) is 31.8 Å². The lowest BCUT2D eigenvalue weighted by Gasteiger charge is -2.32. The number of hydrogen-bond donors (Lipinski definition) is 2. The maximum absolute atomic E-state index is 13.7. The van der Waals surface area contributed by atoms with Gasteiger partial charge in [-0.2, -0.15) is 4.72 Å². The molecule has 2 amide bonds. The molecule has 0 aliphatic carbocycles. The highest BCUT2D eigenvalue weighted by molar-refractivity contribution is 7.89. The third-order valence-corrected chi connectivity index (χ3v) is 8.42. The molecule has 0 fully saturated rings. The number of methoxy groups -OCH3 is 2. The zero-order valence-corrected chi connectivity index (χ0v) is 24.0. The first kappa shape index (κ1) is 30.5. The normalized spacial score (nSPS) is 13.6. The molecule has 0 saturated heterocycles. The largest absolute Gasteiger partial charge is 0.493 e. The molecule has 42 heavy (non-hydrogen) atoms. The number of carbonyl (C=O) groups is 2. The number of hydrogen-bond acceptors (Lipinski definition) is 9. The number of fused-ring (bicyclic) bond motifs is 1. The van der Waals surface area contributed by atoms with Gasteiger partial charge in [-0.15, -0.1) is 0 Å². The average molecular weight is 601 g/mol. The average Bonchev–Trinajstić information content (AvgIpc) is 3.54. The van der Waals surface area contributed by atoms with Crippen LogP contribution in [0.5, 0.6) is 11.5 Å². The minimum atomic E-state index is -4.19. The van der Waals surface area contributed by atoms with Crippen LogP contribution >= 0.6 is 0 Å². The predicted octanol–water partition coefficient (Wildman–Crippen LogP) is 3.04. The second kappa shape index (κ2) is 13.5. The number of nitrogens with one attached hydrogen (secondary N) is 2. The molecule has 13 nitrogen and oxygen atoms in total. The molecule has 0 bridgehead atoms. The number of benzene rings is 2. The molecule has 14 heteroatoms. The molecule has 4 rings (SSSR count). The van der Waals surface area contributed by atoms with E-state index in [1.807, 2.05) is 12.1 Å². The van der Waals surface area contributed by atoms with Crippen LogP contribution in [0.4, 0.5) is 5.69 Å². The maximum Gasteiger partial charge on any atom is 0.286 e. The third kappa shape index (κ3) is 7.25. The van der Waals surface area contributed by atoms with Crippen molar-refractivity contribution in [3.05, 3.63) is 81.8 Å². The maximum atomic E-state index is 13.7. The molecule has 2 aromatic carbocycles. The first-order chi connectivity index (χ1) is 20.1. The Morgan fingerprint density at radius 1 is 1.07 bits per heavy atom. The summed E-state index contributed by atoms with van der Waals surface area (Å²) in [6, 6.07) is 10.2. The summed E-state index contributed by atoms with van der Waals surface area (Å²) in [5.41, 5.74) is 1.62. The molecule has 1 aliphatic heterocycles. The van der Waals surface area contributed by atoms with Crippen molar-refractivity contribution in [2.24, 2.45) is 0 Å². The van der Waals surface area contributed by atoms with Crippen LogP contribution in [0.1, 0.15) is 40.9 Å². The lowest BCUT2D eigenvalue weighted by Crippen LogP contribution is -2.49. The van der Waals surface area contributed by atoms with E-state index in [1.165, 1.54) is 13.4 Å². The Balaban J connectivity index is 1.47. The van der Waals surface area contributed by atoms with Crippen LogP contribution in [0, 0.1) is 10.1 Å². The fourth-order valence-corrected chi connectivity index (χ4v) is 5.92. The standard InChI is InChI=1S/C28H32N4O9S/c1-39-25-16-19-12-14-31(18-20(19)17-26(25)40-2)28(34)23(6-3-4-13-29-27(33)24-7-5-15-41-24)30-42(37,38)22-10-8-21(9-11-22)32(35)36/h5,7-11,15-17,23,30H,3-4,6,12-14,18H2,1-2H3,(H,29,33). The van der Waals surface area contributed by atoms with Crippen molar-refractivity contribution in [2.45, 2.75) is 43.2 Å². The van der Waals surface area contributed by atoms with E-state index in [-0.39, 0.29) is 35.2 Å². The number of sulfonamides is 1. The fourth-order valence-electron chi connectivity index (χ4n) is 4.70. The highest BCUT2D eigenvalue weighted by Crippen LogP contribution is 2.33. The van der Waals surface area contributed by atoms with Crippen LogP contribution in [0.3, 0.4) is 0 Å². The summed E-state index contributed by atoms with van der Waals surface area (Å²) < 4.78 is 44.8. The van der Waals surface area contributed by atoms with E-state index in [9.17, 15) is 28.1 Å². The highest BCUT2D eigenvalue weighted by atomic mass is 32.2. The van der Waals surface area contributed by atoms with Crippen LogP contribution in [0.15, 0.2) is 64.1 Å². The summed E-state index contributed by atoms with van der Waals surface area (Å²) in [5.74, 6) is 0.520. The Hall–Kier alpha value is -4.43. The summed E-state index contributed by atoms with van der Waals surface area (Å²) >= 11 is 0. The summed E-state index contributed by atoms with van der Waals surface area (Å²) in [6.07, 6.45) is 3.01.